The molecule has 0 unspecified atom stereocenters. The number of hydrogen-bond donors (Lipinski definition) is 0. The molecule has 2 aromatic rings. The Morgan fingerprint density at radius 2 is 1.41 bits per heavy atom. The summed E-state index contributed by atoms with van der Waals surface area (Å²) < 4.78 is 12.5. The van der Waals surface area contributed by atoms with Crippen LogP contribution in [0.2, 0.25) is 0 Å². The molecule has 1 saturated heterocycles. The second-order valence-electron chi connectivity index (χ2n) is 10.5. The molecule has 0 amide bonds. The number of aryl methyl sites for hydroxylation is 1. The minimum Gasteiger partial charge on any atom is -0.399 e. The summed E-state index contributed by atoms with van der Waals surface area (Å²) in [6.45, 7) is 10.7. The lowest BCUT2D eigenvalue weighted by molar-refractivity contribution is 0.00578. The molecule has 0 radical (unpaired) electrons. The lowest BCUT2D eigenvalue weighted by Gasteiger charge is -2.32. The number of hydrogen-bond acceptors (Lipinski definition) is 2. The van der Waals surface area contributed by atoms with Gasteiger partial charge in [0.1, 0.15) is 0 Å². The predicted molar refractivity (Wildman–Crippen MR) is 121 cm³/mol. The molecular weight excluding hydrogens is 355 g/mol. The van der Waals surface area contributed by atoms with Crippen LogP contribution in [0.3, 0.4) is 0 Å². The van der Waals surface area contributed by atoms with E-state index in [0.29, 0.717) is 5.41 Å². The highest BCUT2D eigenvalue weighted by atomic mass is 16.7. The molecule has 0 N–H and O–H groups in total. The van der Waals surface area contributed by atoms with Gasteiger partial charge < -0.3 is 9.31 Å². The Hall–Kier alpha value is -1.58. The summed E-state index contributed by atoms with van der Waals surface area (Å²) in [5.41, 5.74) is 8.47. The predicted octanol–water partition coefficient (Wildman–Crippen LogP) is 5.72. The highest BCUT2D eigenvalue weighted by Gasteiger charge is 2.51. The first kappa shape index (κ1) is 19.4. The third kappa shape index (κ3) is 2.92. The van der Waals surface area contributed by atoms with Crippen LogP contribution in [0.1, 0.15) is 76.5 Å². The second kappa shape index (κ2) is 6.46. The molecular formula is C26H33BO2. The molecule has 0 bridgehead atoms. The normalized spacial score (nSPS) is 23.7. The molecule has 1 aliphatic heterocycles. The summed E-state index contributed by atoms with van der Waals surface area (Å²) >= 11 is 0. The molecule has 5 rings (SSSR count). The van der Waals surface area contributed by atoms with E-state index in [9.17, 15) is 0 Å². The highest BCUT2D eigenvalue weighted by Crippen LogP contribution is 2.53. The average Bonchev–Trinajstić information content (AvgIpc) is 3.35. The molecule has 1 spiro atoms. The Balaban J connectivity index is 1.50. The summed E-state index contributed by atoms with van der Waals surface area (Å²) in [7, 11) is -0.293. The summed E-state index contributed by atoms with van der Waals surface area (Å²) in [5, 5.41) is 0. The number of fused-ring (bicyclic) bond motifs is 2. The van der Waals surface area contributed by atoms with Crippen LogP contribution < -0.4 is 5.46 Å². The van der Waals surface area contributed by atoms with Crippen LogP contribution in [0.25, 0.3) is 11.1 Å². The van der Waals surface area contributed by atoms with Crippen LogP contribution in [-0.2, 0) is 21.1 Å². The zero-order valence-corrected chi connectivity index (χ0v) is 18.6. The maximum atomic E-state index is 6.24. The fraction of sp³-hybridized carbons (Fsp3) is 0.538. The van der Waals surface area contributed by atoms with E-state index in [-0.39, 0.29) is 18.3 Å². The summed E-state index contributed by atoms with van der Waals surface area (Å²) in [4.78, 5) is 0. The number of benzene rings is 2. The van der Waals surface area contributed by atoms with Crippen molar-refractivity contribution < 1.29 is 9.31 Å². The first-order valence-electron chi connectivity index (χ1n) is 11.3. The van der Waals surface area contributed by atoms with Gasteiger partial charge in [0, 0.05) is 0 Å². The van der Waals surface area contributed by atoms with E-state index in [1.54, 1.807) is 11.1 Å². The van der Waals surface area contributed by atoms with Crippen LogP contribution >= 0.6 is 0 Å². The summed E-state index contributed by atoms with van der Waals surface area (Å²) in [5.74, 6) is 0. The zero-order valence-electron chi connectivity index (χ0n) is 18.6. The van der Waals surface area contributed by atoms with Crippen molar-refractivity contribution in [3.63, 3.8) is 0 Å². The Labute approximate surface area is 176 Å². The lowest BCUT2D eigenvalue weighted by Crippen LogP contribution is -2.41. The Kier molecular flexibility index (Phi) is 4.32. The van der Waals surface area contributed by atoms with E-state index in [0.717, 1.165) is 5.46 Å². The second-order valence-corrected chi connectivity index (χ2v) is 10.5. The van der Waals surface area contributed by atoms with Crippen molar-refractivity contribution in [3.8, 4) is 11.1 Å². The van der Waals surface area contributed by atoms with Gasteiger partial charge in [0.05, 0.1) is 11.2 Å². The van der Waals surface area contributed by atoms with Crippen LogP contribution in [0.15, 0.2) is 36.4 Å². The molecule has 0 atom stereocenters. The monoisotopic (exact) mass is 388 g/mol. The quantitative estimate of drug-likeness (QED) is 0.613. The number of rotatable bonds is 2. The van der Waals surface area contributed by atoms with Crippen LogP contribution in [0.4, 0.5) is 0 Å². The van der Waals surface area contributed by atoms with Gasteiger partial charge in [-0.05, 0) is 99.0 Å². The molecule has 3 aliphatic rings. The molecule has 152 valence electrons. The standard InChI is InChI=1S/C26H33BO2/c1-18-8-13-22(23-21(18)14-17-26(23)15-6-7-16-26)19-9-11-20(12-10-19)27-28-24(2,3)25(4,5)29-27/h8-13H,6-7,14-17H2,1-5H3. The van der Waals surface area contributed by atoms with Gasteiger partial charge in [0.2, 0.25) is 0 Å². The van der Waals surface area contributed by atoms with Gasteiger partial charge >= 0.3 is 7.12 Å². The van der Waals surface area contributed by atoms with Crippen molar-refractivity contribution in [2.24, 2.45) is 0 Å². The van der Waals surface area contributed by atoms with Gasteiger partial charge in [-0.2, -0.15) is 0 Å². The fourth-order valence-electron chi connectivity index (χ4n) is 5.76. The minimum absolute atomic E-state index is 0.293. The first-order chi connectivity index (χ1) is 13.7. The van der Waals surface area contributed by atoms with Crippen molar-refractivity contribution in [1.29, 1.82) is 0 Å². The van der Waals surface area contributed by atoms with E-state index in [1.165, 1.54) is 55.2 Å². The van der Waals surface area contributed by atoms with Gasteiger partial charge in [-0.3, -0.25) is 0 Å². The molecule has 2 fully saturated rings. The molecule has 3 heteroatoms. The van der Waals surface area contributed by atoms with E-state index in [1.807, 2.05) is 0 Å². The lowest BCUT2D eigenvalue weighted by atomic mass is 9.75. The Morgan fingerprint density at radius 3 is 2.03 bits per heavy atom. The van der Waals surface area contributed by atoms with Crippen molar-refractivity contribution in [2.45, 2.75) is 89.8 Å². The Bertz CT molecular complexity index is 920. The molecule has 1 heterocycles. The maximum absolute atomic E-state index is 6.24. The molecule has 0 aromatic heterocycles. The molecule has 29 heavy (non-hydrogen) atoms. The molecule has 1 saturated carbocycles. The van der Waals surface area contributed by atoms with Gasteiger partial charge in [-0.15, -0.1) is 0 Å². The molecule has 2 nitrogen and oxygen atoms in total. The minimum atomic E-state index is -0.303. The van der Waals surface area contributed by atoms with E-state index in [2.05, 4.69) is 71.0 Å². The topological polar surface area (TPSA) is 18.5 Å². The van der Waals surface area contributed by atoms with Crippen LogP contribution in [0, 0.1) is 6.92 Å². The molecule has 2 aromatic carbocycles. The summed E-state index contributed by atoms with van der Waals surface area (Å²) in [6.07, 6.45) is 8.08. The van der Waals surface area contributed by atoms with Gasteiger partial charge in [-0.1, -0.05) is 49.2 Å². The average molecular weight is 388 g/mol. The van der Waals surface area contributed by atoms with E-state index >= 15 is 0 Å². The van der Waals surface area contributed by atoms with Gasteiger partial charge in [0.15, 0.2) is 0 Å². The van der Waals surface area contributed by atoms with Crippen molar-refractivity contribution >= 4 is 12.6 Å². The van der Waals surface area contributed by atoms with E-state index in [4.69, 9.17) is 9.31 Å². The van der Waals surface area contributed by atoms with Crippen molar-refractivity contribution in [3.05, 3.63) is 53.1 Å². The largest absolute Gasteiger partial charge is 0.494 e. The third-order valence-corrected chi connectivity index (χ3v) is 8.24. The smallest absolute Gasteiger partial charge is 0.399 e. The third-order valence-electron chi connectivity index (χ3n) is 8.24. The van der Waals surface area contributed by atoms with Crippen molar-refractivity contribution in [2.75, 3.05) is 0 Å². The van der Waals surface area contributed by atoms with Crippen LogP contribution in [-0.4, -0.2) is 18.3 Å². The van der Waals surface area contributed by atoms with Crippen molar-refractivity contribution in [1.82, 2.24) is 0 Å². The van der Waals surface area contributed by atoms with Gasteiger partial charge in [-0.25, -0.2) is 0 Å². The van der Waals surface area contributed by atoms with E-state index < -0.39 is 0 Å². The summed E-state index contributed by atoms with van der Waals surface area (Å²) in [6, 6.07) is 13.6. The maximum Gasteiger partial charge on any atom is 0.494 e. The van der Waals surface area contributed by atoms with Crippen LogP contribution in [0.5, 0.6) is 0 Å². The SMILES string of the molecule is Cc1ccc(-c2ccc(B3OC(C)(C)C(C)(C)O3)cc2)c2c1CCC21CCCC1. The zero-order chi connectivity index (χ0) is 20.4. The fourth-order valence-corrected chi connectivity index (χ4v) is 5.76. The van der Waals surface area contributed by atoms with Gasteiger partial charge in [0.25, 0.3) is 0 Å². The first-order valence-corrected chi connectivity index (χ1v) is 11.3. The Morgan fingerprint density at radius 1 is 0.793 bits per heavy atom. The molecule has 2 aliphatic carbocycles. The highest BCUT2D eigenvalue weighted by molar-refractivity contribution is 6.62.